The standard InChI is InChI=1S/C13H17ClN4/c1-4-15-6-11-7-16-9(2)5-13(11)18-8-12(14)10(3)17-18/h5,7-8,15H,4,6H2,1-3H3. The quantitative estimate of drug-likeness (QED) is 0.923. The molecular formula is C13H17ClN4. The van der Waals surface area contributed by atoms with E-state index in [1.54, 1.807) is 0 Å². The topological polar surface area (TPSA) is 42.7 Å². The van der Waals surface area contributed by atoms with E-state index in [-0.39, 0.29) is 0 Å². The van der Waals surface area contributed by atoms with Crippen LogP contribution in [0.5, 0.6) is 0 Å². The summed E-state index contributed by atoms with van der Waals surface area (Å²) in [7, 11) is 0. The van der Waals surface area contributed by atoms with Gasteiger partial charge in [0.25, 0.3) is 0 Å². The van der Waals surface area contributed by atoms with E-state index in [0.29, 0.717) is 5.02 Å². The number of hydrogen-bond donors (Lipinski definition) is 1. The van der Waals surface area contributed by atoms with Crippen LogP contribution in [0.15, 0.2) is 18.5 Å². The summed E-state index contributed by atoms with van der Waals surface area (Å²) in [4.78, 5) is 4.33. The lowest BCUT2D eigenvalue weighted by Gasteiger charge is -2.10. The van der Waals surface area contributed by atoms with E-state index in [2.05, 4.69) is 22.3 Å². The number of nitrogens with one attached hydrogen (secondary N) is 1. The molecule has 2 aromatic rings. The second-order valence-corrected chi connectivity index (χ2v) is 4.65. The van der Waals surface area contributed by atoms with Gasteiger partial charge < -0.3 is 5.32 Å². The van der Waals surface area contributed by atoms with Crippen molar-refractivity contribution in [2.24, 2.45) is 0 Å². The van der Waals surface area contributed by atoms with E-state index in [1.807, 2.05) is 37.0 Å². The molecule has 96 valence electrons. The molecule has 1 N–H and O–H groups in total. The maximum atomic E-state index is 6.06. The molecule has 0 spiro atoms. The van der Waals surface area contributed by atoms with Crippen LogP contribution in [0.2, 0.25) is 5.02 Å². The molecule has 0 aliphatic heterocycles. The highest BCUT2D eigenvalue weighted by Crippen LogP contribution is 2.19. The Labute approximate surface area is 112 Å². The zero-order valence-corrected chi connectivity index (χ0v) is 11.6. The molecule has 2 rings (SSSR count). The maximum Gasteiger partial charge on any atom is 0.0819 e. The van der Waals surface area contributed by atoms with E-state index < -0.39 is 0 Å². The third-order valence-electron chi connectivity index (χ3n) is 2.75. The molecule has 0 aliphatic carbocycles. The van der Waals surface area contributed by atoms with Gasteiger partial charge in [-0.1, -0.05) is 18.5 Å². The summed E-state index contributed by atoms with van der Waals surface area (Å²) < 4.78 is 1.82. The largest absolute Gasteiger partial charge is 0.313 e. The van der Waals surface area contributed by atoms with Crippen molar-refractivity contribution in [1.29, 1.82) is 0 Å². The lowest BCUT2D eigenvalue weighted by Crippen LogP contribution is -2.14. The Hall–Kier alpha value is -1.39. The first-order chi connectivity index (χ1) is 8.61. The fourth-order valence-corrected chi connectivity index (χ4v) is 1.88. The van der Waals surface area contributed by atoms with Crippen molar-refractivity contribution in [1.82, 2.24) is 20.1 Å². The van der Waals surface area contributed by atoms with Gasteiger partial charge in [0.1, 0.15) is 0 Å². The molecule has 0 unspecified atom stereocenters. The summed E-state index contributed by atoms with van der Waals surface area (Å²) in [5.74, 6) is 0. The molecule has 5 heteroatoms. The van der Waals surface area contributed by atoms with Crippen LogP contribution in [0.25, 0.3) is 5.69 Å². The lowest BCUT2D eigenvalue weighted by atomic mass is 10.2. The van der Waals surface area contributed by atoms with Crippen LogP contribution in [-0.4, -0.2) is 21.3 Å². The molecule has 2 heterocycles. The fraction of sp³-hybridized carbons (Fsp3) is 0.385. The average molecular weight is 265 g/mol. The summed E-state index contributed by atoms with van der Waals surface area (Å²) >= 11 is 6.06. The van der Waals surface area contributed by atoms with Gasteiger partial charge in [0, 0.05) is 30.2 Å². The third kappa shape index (κ3) is 2.71. The number of hydrogen-bond acceptors (Lipinski definition) is 3. The Morgan fingerprint density at radius 2 is 2.17 bits per heavy atom. The molecule has 0 amide bonds. The van der Waals surface area contributed by atoms with Crippen LogP contribution >= 0.6 is 11.6 Å². The zero-order chi connectivity index (χ0) is 13.1. The first kappa shape index (κ1) is 13.1. The van der Waals surface area contributed by atoms with E-state index >= 15 is 0 Å². The molecule has 0 aromatic carbocycles. The Morgan fingerprint density at radius 3 is 2.78 bits per heavy atom. The van der Waals surface area contributed by atoms with E-state index in [4.69, 9.17) is 11.6 Å². The SMILES string of the molecule is CCNCc1cnc(C)cc1-n1cc(Cl)c(C)n1. The Bertz CT molecular complexity index is 528. The highest BCUT2D eigenvalue weighted by Gasteiger charge is 2.09. The van der Waals surface area contributed by atoms with Crippen molar-refractivity contribution in [2.45, 2.75) is 27.3 Å². The van der Waals surface area contributed by atoms with Crippen LogP contribution in [-0.2, 0) is 6.54 Å². The molecule has 0 saturated carbocycles. The highest BCUT2D eigenvalue weighted by molar-refractivity contribution is 6.31. The first-order valence-corrected chi connectivity index (χ1v) is 6.38. The molecule has 0 bridgehead atoms. The Morgan fingerprint density at radius 1 is 1.39 bits per heavy atom. The van der Waals surface area contributed by atoms with Gasteiger partial charge in [-0.15, -0.1) is 0 Å². The van der Waals surface area contributed by atoms with Crippen LogP contribution in [0, 0.1) is 13.8 Å². The molecule has 18 heavy (non-hydrogen) atoms. The van der Waals surface area contributed by atoms with Gasteiger partial charge in [0.05, 0.1) is 16.4 Å². The van der Waals surface area contributed by atoms with Crippen LogP contribution in [0.4, 0.5) is 0 Å². The maximum absolute atomic E-state index is 6.06. The number of aromatic nitrogens is 3. The molecular weight excluding hydrogens is 248 g/mol. The predicted octanol–water partition coefficient (Wildman–Crippen LogP) is 2.65. The van der Waals surface area contributed by atoms with Crippen LogP contribution in [0.3, 0.4) is 0 Å². The van der Waals surface area contributed by atoms with Crippen molar-refractivity contribution in [2.75, 3.05) is 6.54 Å². The molecule has 0 saturated heterocycles. The van der Waals surface area contributed by atoms with Crippen molar-refractivity contribution in [3.8, 4) is 5.69 Å². The van der Waals surface area contributed by atoms with Crippen LogP contribution < -0.4 is 5.32 Å². The highest BCUT2D eigenvalue weighted by atomic mass is 35.5. The summed E-state index contributed by atoms with van der Waals surface area (Å²) in [5, 5.41) is 8.40. The van der Waals surface area contributed by atoms with Crippen LogP contribution in [0.1, 0.15) is 23.9 Å². The van der Waals surface area contributed by atoms with Gasteiger partial charge in [-0.25, -0.2) is 4.68 Å². The normalized spacial score (nSPS) is 10.9. The molecule has 4 nitrogen and oxygen atoms in total. The predicted molar refractivity (Wildman–Crippen MR) is 73.2 cm³/mol. The van der Waals surface area contributed by atoms with Gasteiger partial charge in [-0.05, 0) is 26.5 Å². The second-order valence-electron chi connectivity index (χ2n) is 4.24. The van der Waals surface area contributed by atoms with Crippen molar-refractivity contribution >= 4 is 11.6 Å². The number of pyridine rings is 1. The summed E-state index contributed by atoms with van der Waals surface area (Å²) in [6.45, 7) is 7.65. The summed E-state index contributed by atoms with van der Waals surface area (Å²) in [6, 6.07) is 2.02. The van der Waals surface area contributed by atoms with Crippen molar-refractivity contribution in [3.05, 3.63) is 40.4 Å². The monoisotopic (exact) mass is 264 g/mol. The summed E-state index contributed by atoms with van der Waals surface area (Å²) in [5.41, 5.74) is 3.94. The van der Waals surface area contributed by atoms with Gasteiger partial charge in [-0.2, -0.15) is 5.10 Å². The van der Waals surface area contributed by atoms with Gasteiger partial charge >= 0.3 is 0 Å². The minimum Gasteiger partial charge on any atom is -0.313 e. The van der Waals surface area contributed by atoms with Gasteiger partial charge in [0.15, 0.2) is 0 Å². The van der Waals surface area contributed by atoms with E-state index in [9.17, 15) is 0 Å². The smallest absolute Gasteiger partial charge is 0.0819 e. The number of nitrogens with zero attached hydrogens (tertiary/aromatic N) is 3. The lowest BCUT2D eigenvalue weighted by molar-refractivity contribution is 0.712. The van der Waals surface area contributed by atoms with Gasteiger partial charge in [-0.3, -0.25) is 4.98 Å². The van der Waals surface area contributed by atoms with E-state index in [0.717, 1.165) is 35.7 Å². The molecule has 0 atom stereocenters. The molecule has 0 fully saturated rings. The second kappa shape index (κ2) is 5.50. The third-order valence-corrected chi connectivity index (χ3v) is 3.12. The minimum atomic E-state index is 0.680. The fourth-order valence-electron chi connectivity index (χ4n) is 1.75. The Balaban J connectivity index is 2.43. The molecule has 0 aliphatic rings. The molecule has 0 radical (unpaired) electrons. The van der Waals surface area contributed by atoms with E-state index in [1.165, 1.54) is 0 Å². The Kier molecular flexibility index (Phi) is 3.99. The van der Waals surface area contributed by atoms with Crippen molar-refractivity contribution < 1.29 is 0 Å². The number of rotatable bonds is 4. The zero-order valence-electron chi connectivity index (χ0n) is 10.9. The van der Waals surface area contributed by atoms with Gasteiger partial charge in [0.2, 0.25) is 0 Å². The first-order valence-electron chi connectivity index (χ1n) is 6.00. The number of halogens is 1. The van der Waals surface area contributed by atoms with Crippen molar-refractivity contribution in [3.63, 3.8) is 0 Å². The average Bonchev–Trinajstić information content (AvgIpc) is 2.68. The number of aryl methyl sites for hydroxylation is 2. The minimum absolute atomic E-state index is 0.680. The summed E-state index contributed by atoms with van der Waals surface area (Å²) in [6.07, 6.45) is 3.72. The molecule has 2 aromatic heterocycles.